The van der Waals surface area contributed by atoms with Crippen molar-refractivity contribution in [3.8, 4) is 11.5 Å². The predicted molar refractivity (Wildman–Crippen MR) is 113 cm³/mol. The molecule has 3 nitrogen and oxygen atoms in total. The average molecular weight is 488 g/mol. The molecule has 186 valence electrons. The van der Waals surface area contributed by atoms with Crippen LogP contribution in [0.15, 0.2) is 30.3 Å². The van der Waals surface area contributed by atoms with E-state index in [-0.39, 0.29) is 5.92 Å². The summed E-state index contributed by atoms with van der Waals surface area (Å²) in [5, 5.41) is 0. The molecular weight excluding hydrogens is 462 g/mol. The van der Waals surface area contributed by atoms with Gasteiger partial charge < -0.3 is 9.47 Å². The molecule has 3 rings (SSSR count). The van der Waals surface area contributed by atoms with E-state index in [2.05, 4.69) is 16.4 Å². The number of benzene rings is 2. The number of ether oxygens (including phenoxy) is 2. The molecule has 0 heterocycles. The van der Waals surface area contributed by atoms with Gasteiger partial charge in [-0.05, 0) is 30.4 Å². The molecule has 2 aromatic rings. The van der Waals surface area contributed by atoms with Crippen molar-refractivity contribution in [3.63, 3.8) is 0 Å². The van der Waals surface area contributed by atoms with Gasteiger partial charge in [0.25, 0.3) is 0 Å². The van der Waals surface area contributed by atoms with Gasteiger partial charge in [0, 0.05) is 18.2 Å². The van der Waals surface area contributed by atoms with Gasteiger partial charge in [-0.25, -0.2) is 22.4 Å². The maximum atomic E-state index is 14.3. The lowest BCUT2D eigenvalue weighted by atomic mass is 9.78. The molecule has 1 saturated carbocycles. The van der Waals surface area contributed by atoms with E-state index in [1.807, 2.05) is 0 Å². The van der Waals surface area contributed by atoms with Crippen molar-refractivity contribution in [2.45, 2.75) is 64.4 Å². The van der Waals surface area contributed by atoms with E-state index in [9.17, 15) is 31.1 Å². The Hall–Kier alpha value is -2.71. The van der Waals surface area contributed by atoms with Crippen molar-refractivity contribution in [2.24, 2.45) is 11.8 Å². The van der Waals surface area contributed by atoms with Crippen LogP contribution in [-0.4, -0.2) is 12.1 Å². The van der Waals surface area contributed by atoms with E-state index < -0.39 is 58.8 Å². The number of hydrogen-bond acceptors (Lipinski definition) is 3. The molecule has 0 spiro atoms. The monoisotopic (exact) mass is 488 g/mol. The fourth-order valence-corrected chi connectivity index (χ4v) is 4.29. The number of carbonyl (C=O) groups excluding carboxylic acids is 1. The van der Waals surface area contributed by atoms with Crippen LogP contribution >= 0.6 is 0 Å². The van der Waals surface area contributed by atoms with Gasteiger partial charge in [-0.15, -0.1) is 0 Å². The summed E-state index contributed by atoms with van der Waals surface area (Å²) < 4.78 is 91.8. The first-order valence-electron chi connectivity index (χ1n) is 11.3. The van der Waals surface area contributed by atoms with Gasteiger partial charge in [-0.1, -0.05) is 45.4 Å². The van der Waals surface area contributed by atoms with Crippen molar-refractivity contribution in [1.82, 2.24) is 0 Å². The van der Waals surface area contributed by atoms with Crippen molar-refractivity contribution in [2.75, 3.05) is 0 Å². The molecule has 0 atom stereocenters. The van der Waals surface area contributed by atoms with Crippen LogP contribution in [0.25, 0.3) is 0 Å². The zero-order valence-electron chi connectivity index (χ0n) is 18.7. The molecular formula is C25H26F6O3. The first-order valence-corrected chi connectivity index (χ1v) is 11.3. The highest BCUT2D eigenvalue weighted by Gasteiger charge is 2.33. The first kappa shape index (κ1) is 25.9. The summed E-state index contributed by atoms with van der Waals surface area (Å²) in [6.45, 7) is 2.14. The van der Waals surface area contributed by atoms with Crippen molar-refractivity contribution < 1.29 is 40.6 Å². The standard InChI is InChI=1S/C25H26F6O3/c1-2-3-15-4-6-16(7-5-15)10-11-25(30,31)34-17-8-9-19(20(26)12-17)24(32)33-18-13-21(27)23(29)22(28)14-18/h8-9,12-16H,2-7,10-11H2,1H3. The zero-order valence-corrected chi connectivity index (χ0v) is 18.7. The van der Waals surface area contributed by atoms with Gasteiger partial charge in [0.15, 0.2) is 17.5 Å². The Bertz CT molecular complexity index is 979. The molecule has 0 aromatic heterocycles. The SMILES string of the molecule is CCCC1CCC(CCC(F)(F)Oc2ccc(C(=O)Oc3cc(F)c(F)c(F)c3)c(F)c2)CC1. The Morgan fingerprint density at radius 1 is 0.882 bits per heavy atom. The minimum absolute atomic E-state index is 0.206. The molecule has 0 N–H and O–H groups in total. The number of esters is 1. The summed E-state index contributed by atoms with van der Waals surface area (Å²) in [5.41, 5.74) is -0.676. The summed E-state index contributed by atoms with van der Waals surface area (Å²) in [5.74, 6) is -7.80. The molecule has 1 aliphatic rings. The van der Waals surface area contributed by atoms with Crippen LogP contribution in [0, 0.1) is 35.1 Å². The highest BCUT2D eigenvalue weighted by Crippen LogP contribution is 2.36. The molecule has 0 radical (unpaired) electrons. The van der Waals surface area contributed by atoms with Crippen LogP contribution in [0.5, 0.6) is 11.5 Å². The number of alkyl halides is 2. The lowest BCUT2D eigenvalue weighted by molar-refractivity contribution is -0.183. The minimum atomic E-state index is -3.52. The second-order valence-electron chi connectivity index (χ2n) is 8.69. The van der Waals surface area contributed by atoms with Crippen LogP contribution in [0.1, 0.15) is 68.6 Å². The van der Waals surface area contributed by atoms with E-state index in [4.69, 9.17) is 0 Å². The predicted octanol–water partition coefficient (Wildman–Crippen LogP) is 7.82. The molecule has 0 unspecified atom stereocenters. The molecule has 0 saturated heterocycles. The molecule has 9 heteroatoms. The van der Waals surface area contributed by atoms with Gasteiger partial charge in [-0.3, -0.25) is 0 Å². The maximum Gasteiger partial charge on any atom is 0.397 e. The second kappa shape index (κ2) is 11.1. The second-order valence-corrected chi connectivity index (χ2v) is 8.69. The molecule has 2 aromatic carbocycles. The summed E-state index contributed by atoms with van der Waals surface area (Å²) >= 11 is 0. The van der Waals surface area contributed by atoms with E-state index in [1.165, 1.54) is 6.42 Å². The molecule has 0 aliphatic heterocycles. The van der Waals surface area contributed by atoms with Crippen LogP contribution in [0.2, 0.25) is 0 Å². The molecule has 1 fully saturated rings. The van der Waals surface area contributed by atoms with Gasteiger partial charge in [0.1, 0.15) is 17.3 Å². The average Bonchev–Trinajstić information content (AvgIpc) is 2.77. The van der Waals surface area contributed by atoms with Crippen molar-refractivity contribution >= 4 is 5.97 Å². The molecule has 1 aliphatic carbocycles. The molecule has 0 bridgehead atoms. The third kappa shape index (κ3) is 6.90. The molecule has 34 heavy (non-hydrogen) atoms. The van der Waals surface area contributed by atoms with Gasteiger partial charge in [0.2, 0.25) is 0 Å². The van der Waals surface area contributed by atoms with Crippen LogP contribution in [0.3, 0.4) is 0 Å². The minimum Gasteiger partial charge on any atom is -0.432 e. The first-order chi connectivity index (χ1) is 16.1. The fourth-order valence-electron chi connectivity index (χ4n) is 4.29. The zero-order chi connectivity index (χ0) is 24.9. The van der Waals surface area contributed by atoms with Crippen molar-refractivity contribution in [3.05, 3.63) is 59.2 Å². The Kier molecular flexibility index (Phi) is 8.49. The Morgan fingerprint density at radius 3 is 2.00 bits per heavy atom. The highest BCUT2D eigenvalue weighted by atomic mass is 19.3. The summed E-state index contributed by atoms with van der Waals surface area (Å²) in [6.07, 6.45) is 2.47. The molecule has 0 amide bonds. The smallest absolute Gasteiger partial charge is 0.397 e. The Morgan fingerprint density at radius 2 is 1.44 bits per heavy atom. The van der Waals surface area contributed by atoms with Gasteiger partial charge in [-0.2, -0.15) is 8.78 Å². The lowest BCUT2D eigenvalue weighted by Gasteiger charge is -2.29. The number of carbonyl (C=O) groups is 1. The summed E-state index contributed by atoms with van der Waals surface area (Å²) in [7, 11) is 0. The summed E-state index contributed by atoms with van der Waals surface area (Å²) in [6, 6.07) is 3.26. The van der Waals surface area contributed by atoms with Crippen LogP contribution in [0.4, 0.5) is 26.3 Å². The summed E-state index contributed by atoms with van der Waals surface area (Å²) in [4.78, 5) is 12.1. The third-order valence-electron chi connectivity index (χ3n) is 6.10. The topological polar surface area (TPSA) is 35.5 Å². The lowest BCUT2D eigenvalue weighted by Crippen LogP contribution is -2.26. The third-order valence-corrected chi connectivity index (χ3v) is 6.10. The van der Waals surface area contributed by atoms with Gasteiger partial charge in [0.05, 0.1) is 12.0 Å². The van der Waals surface area contributed by atoms with Crippen molar-refractivity contribution in [1.29, 1.82) is 0 Å². The Labute approximate surface area is 194 Å². The number of hydrogen-bond donors (Lipinski definition) is 0. The van der Waals surface area contributed by atoms with E-state index in [1.54, 1.807) is 0 Å². The fraction of sp³-hybridized carbons (Fsp3) is 0.480. The van der Waals surface area contributed by atoms with Crippen LogP contribution < -0.4 is 9.47 Å². The Balaban J connectivity index is 1.56. The number of rotatable bonds is 9. The van der Waals surface area contributed by atoms with Crippen LogP contribution in [-0.2, 0) is 0 Å². The number of halogens is 6. The quantitative estimate of drug-likeness (QED) is 0.156. The largest absolute Gasteiger partial charge is 0.432 e. The highest BCUT2D eigenvalue weighted by molar-refractivity contribution is 5.91. The van der Waals surface area contributed by atoms with E-state index >= 15 is 0 Å². The maximum absolute atomic E-state index is 14.3. The normalized spacial score (nSPS) is 18.6. The van der Waals surface area contributed by atoms with E-state index in [0.29, 0.717) is 30.5 Å². The van der Waals surface area contributed by atoms with Gasteiger partial charge >= 0.3 is 12.1 Å². The van der Waals surface area contributed by atoms with E-state index in [0.717, 1.165) is 44.2 Å².